The van der Waals surface area contributed by atoms with Crippen molar-refractivity contribution in [3.8, 4) is 11.5 Å². The number of piperazine rings is 1. The molecule has 6 heteroatoms. The second kappa shape index (κ2) is 6.44. The zero-order valence-electron chi connectivity index (χ0n) is 14.6. The quantitative estimate of drug-likeness (QED) is 0.858. The Morgan fingerprint density at radius 2 is 1.80 bits per heavy atom. The van der Waals surface area contributed by atoms with E-state index in [1.807, 2.05) is 36.9 Å². The summed E-state index contributed by atoms with van der Waals surface area (Å²) in [4.78, 5) is 16.9. The summed E-state index contributed by atoms with van der Waals surface area (Å²) < 4.78 is 16.3. The summed E-state index contributed by atoms with van der Waals surface area (Å²) in [7, 11) is 0. The van der Waals surface area contributed by atoms with Gasteiger partial charge in [0.1, 0.15) is 11.5 Å². The number of hydrogen-bond acceptors (Lipinski definition) is 5. The van der Waals surface area contributed by atoms with E-state index in [1.165, 1.54) is 5.56 Å². The highest BCUT2D eigenvalue weighted by Gasteiger charge is 2.25. The topological polar surface area (TPSA) is 55.2 Å². The predicted octanol–water partition coefficient (Wildman–Crippen LogP) is 2.58. The smallest absolute Gasteiger partial charge is 0.257 e. The number of fused-ring (bicyclic) bond motifs is 1. The summed E-state index contributed by atoms with van der Waals surface area (Å²) in [5.74, 6) is 3.17. The molecule has 2 aliphatic rings. The summed E-state index contributed by atoms with van der Waals surface area (Å²) in [6, 6.07) is 7.90. The molecule has 2 aliphatic heterocycles. The normalized spacial score (nSPS) is 17.1. The zero-order valence-corrected chi connectivity index (χ0v) is 14.6. The maximum absolute atomic E-state index is 12.6. The van der Waals surface area contributed by atoms with Crippen LogP contribution >= 0.6 is 0 Å². The minimum Gasteiger partial charge on any atom is -0.466 e. The van der Waals surface area contributed by atoms with Crippen LogP contribution < -0.4 is 9.47 Å². The fourth-order valence-electron chi connectivity index (χ4n) is 3.42. The Hall–Kier alpha value is -2.47. The molecular weight excluding hydrogens is 320 g/mol. The molecule has 4 rings (SSSR count). The van der Waals surface area contributed by atoms with E-state index in [4.69, 9.17) is 13.9 Å². The molecule has 0 bridgehead atoms. The molecule has 0 N–H and O–H groups in total. The Morgan fingerprint density at radius 1 is 1.04 bits per heavy atom. The van der Waals surface area contributed by atoms with Crippen LogP contribution in [0.25, 0.3) is 0 Å². The zero-order chi connectivity index (χ0) is 17.4. The molecule has 0 saturated carbocycles. The number of nitrogens with zero attached hydrogens (tertiary/aromatic N) is 2. The standard InChI is InChI=1S/C19H22N2O4/c1-13-9-16(14(2)25-13)19(22)21-7-5-20(6-8-21)11-15-3-4-17-18(10-15)24-12-23-17/h3-4,9-10H,5-8,11-12H2,1-2H3. The van der Waals surface area contributed by atoms with Gasteiger partial charge in [-0.1, -0.05) is 6.07 Å². The number of amides is 1. The Labute approximate surface area is 146 Å². The summed E-state index contributed by atoms with van der Waals surface area (Å²) in [5.41, 5.74) is 1.88. The number of ether oxygens (including phenoxy) is 2. The van der Waals surface area contributed by atoms with Crippen molar-refractivity contribution >= 4 is 5.91 Å². The van der Waals surface area contributed by atoms with Gasteiger partial charge in [0.2, 0.25) is 6.79 Å². The summed E-state index contributed by atoms with van der Waals surface area (Å²) in [6.45, 7) is 8.03. The van der Waals surface area contributed by atoms with Gasteiger partial charge in [0.25, 0.3) is 5.91 Å². The van der Waals surface area contributed by atoms with Gasteiger partial charge in [-0.15, -0.1) is 0 Å². The van der Waals surface area contributed by atoms with Gasteiger partial charge in [-0.2, -0.15) is 0 Å². The lowest BCUT2D eigenvalue weighted by Crippen LogP contribution is -2.48. The first-order valence-corrected chi connectivity index (χ1v) is 8.57. The highest BCUT2D eigenvalue weighted by atomic mass is 16.7. The number of rotatable bonds is 3. The first-order chi connectivity index (χ1) is 12.1. The van der Waals surface area contributed by atoms with Crippen molar-refractivity contribution in [1.29, 1.82) is 0 Å². The van der Waals surface area contributed by atoms with E-state index < -0.39 is 0 Å². The van der Waals surface area contributed by atoms with Crippen LogP contribution in [-0.2, 0) is 6.54 Å². The largest absolute Gasteiger partial charge is 0.466 e. The van der Waals surface area contributed by atoms with E-state index in [9.17, 15) is 4.79 Å². The lowest BCUT2D eigenvalue weighted by atomic mass is 10.1. The Balaban J connectivity index is 1.35. The van der Waals surface area contributed by atoms with Crippen LogP contribution in [0.4, 0.5) is 0 Å². The molecule has 3 heterocycles. The Bertz CT molecular complexity index is 791. The van der Waals surface area contributed by atoms with Gasteiger partial charge in [0.05, 0.1) is 5.56 Å². The molecule has 1 aromatic carbocycles. The van der Waals surface area contributed by atoms with Crippen LogP contribution in [0.3, 0.4) is 0 Å². The van der Waals surface area contributed by atoms with Crippen LogP contribution in [-0.4, -0.2) is 48.7 Å². The molecule has 0 atom stereocenters. The van der Waals surface area contributed by atoms with Crippen LogP contribution in [0.2, 0.25) is 0 Å². The molecular formula is C19H22N2O4. The third-order valence-corrected chi connectivity index (χ3v) is 4.77. The highest BCUT2D eigenvalue weighted by molar-refractivity contribution is 5.95. The third-order valence-electron chi connectivity index (χ3n) is 4.77. The SMILES string of the molecule is Cc1cc(C(=O)N2CCN(Cc3ccc4c(c3)OCO4)CC2)c(C)o1. The second-order valence-corrected chi connectivity index (χ2v) is 6.58. The minimum absolute atomic E-state index is 0.0667. The van der Waals surface area contributed by atoms with Crippen molar-refractivity contribution in [2.75, 3.05) is 33.0 Å². The number of hydrogen-bond donors (Lipinski definition) is 0. The molecule has 1 aromatic heterocycles. The molecule has 1 amide bonds. The maximum Gasteiger partial charge on any atom is 0.257 e. The summed E-state index contributed by atoms with van der Waals surface area (Å²) >= 11 is 0. The average Bonchev–Trinajstić information content (AvgIpc) is 3.20. The van der Waals surface area contributed by atoms with Gasteiger partial charge >= 0.3 is 0 Å². The van der Waals surface area contributed by atoms with E-state index >= 15 is 0 Å². The molecule has 0 spiro atoms. The fraction of sp³-hybridized carbons (Fsp3) is 0.421. The lowest BCUT2D eigenvalue weighted by Gasteiger charge is -2.34. The fourth-order valence-corrected chi connectivity index (χ4v) is 3.42. The minimum atomic E-state index is 0.0667. The third kappa shape index (κ3) is 3.22. The van der Waals surface area contributed by atoms with Gasteiger partial charge in [-0.25, -0.2) is 0 Å². The molecule has 1 saturated heterocycles. The number of carbonyl (C=O) groups excluding carboxylic acids is 1. The molecule has 6 nitrogen and oxygen atoms in total. The first kappa shape index (κ1) is 16.0. The van der Waals surface area contributed by atoms with Crippen LogP contribution in [0, 0.1) is 13.8 Å². The van der Waals surface area contributed by atoms with Crippen molar-refractivity contribution in [3.05, 3.63) is 46.9 Å². The molecule has 2 aromatic rings. The van der Waals surface area contributed by atoms with Gasteiger partial charge in [-0.3, -0.25) is 9.69 Å². The van der Waals surface area contributed by atoms with E-state index in [1.54, 1.807) is 0 Å². The van der Waals surface area contributed by atoms with Gasteiger partial charge < -0.3 is 18.8 Å². The highest BCUT2D eigenvalue weighted by Crippen LogP contribution is 2.32. The van der Waals surface area contributed by atoms with Crippen molar-refractivity contribution in [2.24, 2.45) is 0 Å². The first-order valence-electron chi connectivity index (χ1n) is 8.57. The van der Waals surface area contributed by atoms with E-state index in [0.717, 1.165) is 50.0 Å². The lowest BCUT2D eigenvalue weighted by molar-refractivity contribution is 0.0627. The van der Waals surface area contributed by atoms with Crippen LogP contribution in [0.5, 0.6) is 11.5 Å². The van der Waals surface area contributed by atoms with Gasteiger partial charge in [0, 0.05) is 32.7 Å². The van der Waals surface area contributed by atoms with E-state index in [2.05, 4.69) is 11.0 Å². The number of benzene rings is 1. The average molecular weight is 342 g/mol. The monoisotopic (exact) mass is 342 g/mol. The summed E-state index contributed by atoms with van der Waals surface area (Å²) in [5, 5.41) is 0. The molecule has 1 fully saturated rings. The number of aryl methyl sites for hydroxylation is 2. The summed E-state index contributed by atoms with van der Waals surface area (Å²) in [6.07, 6.45) is 0. The number of carbonyl (C=O) groups is 1. The van der Waals surface area contributed by atoms with Gasteiger partial charge in [0.15, 0.2) is 11.5 Å². The van der Waals surface area contributed by atoms with Crippen molar-refractivity contribution < 1.29 is 18.7 Å². The van der Waals surface area contributed by atoms with Crippen molar-refractivity contribution in [3.63, 3.8) is 0 Å². The Morgan fingerprint density at radius 3 is 2.52 bits per heavy atom. The van der Waals surface area contributed by atoms with Crippen molar-refractivity contribution in [2.45, 2.75) is 20.4 Å². The Kier molecular flexibility index (Phi) is 4.13. The molecule has 132 valence electrons. The second-order valence-electron chi connectivity index (χ2n) is 6.58. The van der Waals surface area contributed by atoms with Crippen LogP contribution in [0.1, 0.15) is 27.4 Å². The van der Waals surface area contributed by atoms with E-state index in [-0.39, 0.29) is 5.91 Å². The van der Waals surface area contributed by atoms with Crippen molar-refractivity contribution in [1.82, 2.24) is 9.80 Å². The molecule has 0 aliphatic carbocycles. The predicted molar refractivity (Wildman–Crippen MR) is 91.9 cm³/mol. The maximum atomic E-state index is 12.6. The van der Waals surface area contributed by atoms with Gasteiger partial charge in [-0.05, 0) is 37.6 Å². The van der Waals surface area contributed by atoms with Crippen LogP contribution in [0.15, 0.2) is 28.7 Å². The molecule has 0 radical (unpaired) electrons. The van der Waals surface area contributed by atoms with E-state index in [0.29, 0.717) is 18.1 Å². The number of furan rings is 1. The molecule has 25 heavy (non-hydrogen) atoms. The molecule has 0 unspecified atom stereocenters.